The summed E-state index contributed by atoms with van der Waals surface area (Å²) in [6.45, 7) is 9.90. The van der Waals surface area contributed by atoms with Crippen LogP contribution in [-0.4, -0.2) is 38.2 Å². The Morgan fingerprint density at radius 1 is 1.19 bits per heavy atom. The number of methoxy groups -OCH3 is 1. The maximum Gasteiger partial charge on any atom is 0.338 e. The molecule has 0 saturated heterocycles. The molecule has 0 aliphatic carbocycles. The first kappa shape index (κ1) is 22.5. The normalized spacial score (nSPS) is 11.6. The van der Waals surface area contributed by atoms with E-state index in [-0.39, 0.29) is 24.1 Å². The zero-order valence-corrected chi connectivity index (χ0v) is 16.7. The molecule has 0 aliphatic heterocycles. The van der Waals surface area contributed by atoms with Gasteiger partial charge < -0.3 is 19.5 Å². The summed E-state index contributed by atoms with van der Waals surface area (Å²) < 4.78 is 15.8. The largest absolute Gasteiger partial charge is 0.493 e. The Morgan fingerprint density at radius 2 is 1.93 bits per heavy atom. The van der Waals surface area contributed by atoms with E-state index in [1.54, 1.807) is 18.2 Å². The van der Waals surface area contributed by atoms with Gasteiger partial charge in [0.1, 0.15) is 6.61 Å². The van der Waals surface area contributed by atoms with E-state index in [4.69, 9.17) is 14.2 Å². The molecule has 0 spiro atoms. The van der Waals surface area contributed by atoms with Gasteiger partial charge in [-0.3, -0.25) is 4.79 Å². The van der Waals surface area contributed by atoms with Crippen molar-refractivity contribution in [3.63, 3.8) is 0 Å². The number of hydrogen-bond acceptors (Lipinski definition) is 5. The van der Waals surface area contributed by atoms with Gasteiger partial charge in [0.15, 0.2) is 18.1 Å². The van der Waals surface area contributed by atoms with E-state index in [0.29, 0.717) is 24.0 Å². The van der Waals surface area contributed by atoms with Crippen molar-refractivity contribution >= 4 is 11.9 Å². The lowest BCUT2D eigenvalue weighted by molar-refractivity contribution is -0.124. The first-order valence-electron chi connectivity index (χ1n) is 9.25. The second-order valence-electron chi connectivity index (χ2n) is 6.83. The Morgan fingerprint density at radius 3 is 2.56 bits per heavy atom. The molecule has 27 heavy (non-hydrogen) atoms. The Kier molecular flexibility index (Phi) is 10.0. The number of carbonyl (C=O) groups is 2. The van der Waals surface area contributed by atoms with Crippen LogP contribution in [0.3, 0.4) is 0 Å². The Bertz CT molecular complexity index is 627. The summed E-state index contributed by atoms with van der Waals surface area (Å²) >= 11 is 0. The van der Waals surface area contributed by atoms with Gasteiger partial charge >= 0.3 is 5.97 Å². The summed E-state index contributed by atoms with van der Waals surface area (Å²) in [7, 11) is 1.49. The number of carbonyl (C=O) groups excluding carboxylic acids is 2. The Balaban J connectivity index is 2.49. The van der Waals surface area contributed by atoms with Crippen LogP contribution in [-0.2, 0) is 9.53 Å². The first-order chi connectivity index (χ1) is 12.9. The Labute approximate surface area is 161 Å². The minimum atomic E-state index is -0.591. The highest BCUT2D eigenvalue weighted by Gasteiger charge is 2.15. The van der Waals surface area contributed by atoms with Gasteiger partial charge in [0.2, 0.25) is 0 Å². The van der Waals surface area contributed by atoms with Gasteiger partial charge in [-0.25, -0.2) is 4.79 Å². The van der Waals surface area contributed by atoms with E-state index in [2.05, 4.69) is 25.7 Å². The van der Waals surface area contributed by atoms with Crippen LogP contribution in [0.2, 0.25) is 0 Å². The van der Waals surface area contributed by atoms with E-state index >= 15 is 0 Å². The maximum atomic E-state index is 12.2. The fourth-order valence-electron chi connectivity index (χ4n) is 2.50. The SMILES string of the molecule is C=CCOc1ccc(C(=O)OCC(=O)NC(C)CCCC(C)C)cc1OC. The predicted molar refractivity (Wildman–Crippen MR) is 105 cm³/mol. The van der Waals surface area contributed by atoms with Crippen LogP contribution >= 0.6 is 0 Å². The van der Waals surface area contributed by atoms with E-state index < -0.39 is 5.97 Å². The smallest absolute Gasteiger partial charge is 0.338 e. The topological polar surface area (TPSA) is 73.9 Å². The van der Waals surface area contributed by atoms with Crippen molar-refractivity contribution in [3.05, 3.63) is 36.4 Å². The quantitative estimate of drug-likeness (QED) is 0.444. The highest BCUT2D eigenvalue weighted by Crippen LogP contribution is 2.28. The molecule has 1 unspecified atom stereocenters. The average molecular weight is 377 g/mol. The molecule has 0 aliphatic rings. The average Bonchev–Trinajstić information content (AvgIpc) is 2.63. The summed E-state index contributed by atoms with van der Waals surface area (Å²) in [4.78, 5) is 24.1. The number of rotatable bonds is 12. The van der Waals surface area contributed by atoms with Gasteiger partial charge in [-0.1, -0.05) is 39.3 Å². The number of hydrogen-bond donors (Lipinski definition) is 1. The van der Waals surface area contributed by atoms with E-state index in [9.17, 15) is 9.59 Å². The number of esters is 1. The summed E-state index contributed by atoms with van der Waals surface area (Å²) in [6, 6.07) is 4.76. The van der Waals surface area contributed by atoms with Crippen molar-refractivity contribution in [2.45, 2.75) is 46.1 Å². The van der Waals surface area contributed by atoms with Crippen molar-refractivity contribution in [1.82, 2.24) is 5.32 Å². The molecule has 0 heterocycles. The van der Waals surface area contributed by atoms with Crippen molar-refractivity contribution < 1.29 is 23.8 Å². The maximum absolute atomic E-state index is 12.2. The third-order valence-corrected chi connectivity index (χ3v) is 3.92. The van der Waals surface area contributed by atoms with Crippen LogP contribution in [0.25, 0.3) is 0 Å². The molecule has 0 bridgehead atoms. The molecule has 0 saturated carbocycles. The zero-order chi connectivity index (χ0) is 20.2. The molecule has 1 atom stereocenters. The van der Waals surface area contributed by atoms with Crippen molar-refractivity contribution in [2.24, 2.45) is 5.92 Å². The monoisotopic (exact) mass is 377 g/mol. The minimum absolute atomic E-state index is 0.0522. The molecule has 0 aromatic heterocycles. The van der Waals surface area contributed by atoms with E-state index in [0.717, 1.165) is 19.3 Å². The van der Waals surface area contributed by atoms with Crippen LogP contribution in [0.5, 0.6) is 11.5 Å². The fraction of sp³-hybridized carbons (Fsp3) is 0.524. The van der Waals surface area contributed by atoms with Crippen LogP contribution in [0.4, 0.5) is 0 Å². The molecule has 1 aromatic carbocycles. The lowest BCUT2D eigenvalue weighted by Crippen LogP contribution is -2.35. The van der Waals surface area contributed by atoms with Gasteiger partial charge in [-0.2, -0.15) is 0 Å². The molecule has 0 fully saturated rings. The summed E-state index contributed by atoms with van der Waals surface area (Å²) in [5.74, 6) is 0.667. The minimum Gasteiger partial charge on any atom is -0.493 e. The van der Waals surface area contributed by atoms with Gasteiger partial charge in [0.05, 0.1) is 12.7 Å². The van der Waals surface area contributed by atoms with Crippen molar-refractivity contribution in [3.8, 4) is 11.5 Å². The molecule has 1 rings (SSSR count). The summed E-state index contributed by atoms with van der Waals surface area (Å²) in [5.41, 5.74) is 0.288. The highest BCUT2D eigenvalue weighted by molar-refractivity contribution is 5.92. The van der Waals surface area contributed by atoms with Gasteiger partial charge in [-0.15, -0.1) is 0 Å². The van der Waals surface area contributed by atoms with Gasteiger partial charge in [-0.05, 0) is 37.5 Å². The third kappa shape index (κ3) is 8.62. The lowest BCUT2D eigenvalue weighted by atomic mass is 10.0. The van der Waals surface area contributed by atoms with Gasteiger partial charge in [0, 0.05) is 6.04 Å². The zero-order valence-electron chi connectivity index (χ0n) is 16.7. The summed E-state index contributed by atoms with van der Waals surface area (Å²) in [5, 5.41) is 2.85. The van der Waals surface area contributed by atoms with Crippen LogP contribution < -0.4 is 14.8 Å². The molecule has 1 aromatic rings. The molecule has 6 nitrogen and oxygen atoms in total. The second kappa shape index (κ2) is 12.0. The molecule has 1 amide bonds. The molecule has 150 valence electrons. The van der Waals surface area contributed by atoms with Crippen molar-refractivity contribution in [1.29, 1.82) is 0 Å². The Hall–Kier alpha value is -2.50. The molecule has 0 radical (unpaired) electrons. The molecular formula is C21H31NO5. The molecule has 1 N–H and O–H groups in total. The first-order valence-corrected chi connectivity index (χ1v) is 9.25. The molecular weight excluding hydrogens is 346 g/mol. The predicted octanol–water partition coefficient (Wildman–Crippen LogP) is 3.75. The summed E-state index contributed by atoms with van der Waals surface area (Å²) in [6.07, 6.45) is 4.70. The van der Waals surface area contributed by atoms with Crippen molar-refractivity contribution in [2.75, 3.05) is 20.3 Å². The van der Waals surface area contributed by atoms with Crippen LogP contribution in [0.15, 0.2) is 30.9 Å². The highest BCUT2D eigenvalue weighted by atomic mass is 16.5. The number of ether oxygens (including phenoxy) is 3. The van der Waals surface area contributed by atoms with Gasteiger partial charge in [0.25, 0.3) is 5.91 Å². The number of benzene rings is 1. The van der Waals surface area contributed by atoms with E-state index in [1.165, 1.54) is 13.2 Å². The fourth-order valence-corrected chi connectivity index (χ4v) is 2.50. The van der Waals surface area contributed by atoms with Crippen LogP contribution in [0, 0.1) is 5.92 Å². The van der Waals surface area contributed by atoms with E-state index in [1.807, 2.05) is 6.92 Å². The number of amides is 1. The second-order valence-corrected chi connectivity index (χ2v) is 6.83. The molecule has 6 heteroatoms. The third-order valence-electron chi connectivity index (χ3n) is 3.92. The van der Waals surface area contributed by atoms with Crippen LogP contribution in [0.1, 0.15) is 50.4 Å². The number of nitrogens with one attached hydrogen (secondary N) is 1. The lowest BCUT2D eigenvalue weighted by Gasteiger charge is -2.15. The standard InChI is InChI=1S/C21H31NO5/c1-6-12-26-18-11-10-17(13-19(18)25-5)21(24)27-14-20(23)22-16(4)9-7-8-15(2)3/h6,10-11,13,15-16H,1,7-9,12,14H2,2-5H3,(H,22,23).